The number of fused-ring (bicyclic) bond motifs is 1. The molecule has 6 heteroatoms. The Labute approximate surface area is 142 Å². The Balaban J connectivity index is 1.85. The first kappa shape index (κ1) is 15.4. The number of carbonyl (C=O) groups is 1. The van der Waals surface area contributed by atoms with Gasteiger partial charge in [-0.2, -0.15) is 5.26 Å². The van der Waals surface area contributed by atoms with E-state index < -0.39 is 0 Å². The van der Waals surface area contributed by atoms with Crippen LogP contribution in [0.3, 0.4) is 0 Å². The third kappa shape index (κ3) is 3.15. The van der Waals surface area contributed by atoms with Crippen LogP contribution < -0.4 is 14.8 Å². The average Bonchev–Trinajstić information content (AvgIpc) is 3.01. The lowest BCUT2D eigenvalue weighted by atomic mass is 10.1. The topological polar surface area (TPSA) is 71.4 Å². The van der Waals surface area contributed by atoms with Crippen molar-refractivity contribution in [3.05, 3.63) is 51.5 Å². The summed E-state index contributed by atoms with van der Waals surface area (Å²) in [5.41, 5.74) is 2.68. The van der Waals surface area contributed by atoms with E-state index in [4.69, 9.17) is 14.7 Å². The lowest BCUT2D eigenvalue weighted by Gasteiger charge is -2.12. The molecule has 0 saturated carbocycles. The Hall–Kier alpha value is -2.52. The highest BCUT2D eigenvalue weighted by Crippen LogP contribution is 2.40. The van der Waals surface area contributed by atoms with Crippen molar-refractivity contribution < 1.29 is 14.3 Å². The number of ether oxygens (including phenoxy) is 2. The van der Waals surface area contributed by atoms with E-state index >= 15 is 0 Å². The zero-order chi connectivity index (χ0) is 16.4. The van der Waals surface area contributed by atoms with Gasteiger partial charge < -0.3 is 14.8 Å². The molecule has 0 saturated heterocycles. The molecule has 1 aliphatic rings. The number of nitrogens with one attached hydrogen (secondary N) is 1. The maximum atomic E-state index is 11.7. The first-order chi connectivity index (χ1) is 11.1. The molecule has 116 valence electrons. The molecule has 5 nitrogen and oxygen atoms in total. The van der Waals surface area contributed by atoms with Crippen molar-refractivity contribution in [1.82, 2.24) is 0 Å². The van der Waals surface area contributed by atoms with Crippen molar-refractivity contribution in [2.75, 3.05) is 12.1 Å². The predicted octanol–water partition coefficient (Wildman–Crippen LogP) is 3.86. The van der Waals surface area contributed by atoms with E-state index in [9.17, 15) is 4.79 Å². The van der Waals surface area contributed by atoms with Crippen LogP contribution in [-0.2, 0) is 6.54 Å². The minimum absolute atomic E-state index is 0.0520. The van der Waals surface area contributed by atoms with E-state index in [0.29, 0.717) is 34.9 Å². The molecule has 1 N–H and O–H groups in total. The van der Waals surface area contributed by atoms with E-state index in [0.717, 1.165) is 10.0 Å². The molecule has 0 atom stereocenters. The third-order valence-corrected chi connectivity index (χ3v) is 4.09. The van der Waals surface area contributed by atoms with Crippen molar-refractivity contribution in [2.45, 2.75) is 13.5 Å². The summed E-state index contributed by atoms with van der Waals surface area (Å²) in [6.07, 6.45) is 0. The molecule has 0 unspecified atom stereocenters. The van der Waals surface area contributed by atoms with Crippen LogP contribution in [0.25, 0.3) is 0 Å². The summed E-state index contributed by atoms with van der Waals surface area (Å²) in [5, 5.41) is 12.2. The fourth-order valence-electron chi connectivity index (χ4n) is 2.39. The van der Waals surface area contributed by atoms with Crippen LogP contribution >= 0.6 is 15.9 Å². The molecular formula is C17H13BrN2O3. The smallest absolute Gasteiger partial charge is 0.231 e. The van der Waals surface area contributed by atoms with E-state index in [-0.39, 0.29) is 12.6 Å². The van der Waals surface area contributed by atoms with Crippen LogP contribution in [-0.4, -0.2) is 12.6 Å². The normalized spacial score (nSPS) is 11.9. The van der Waals surface area contributed by atoms with Gasteiger partial charge in [0.05, 0.1) is 16.1 Å². The Bertz CT molecular complexity index is 827. The maximum Gasteiger partial charge on any atom is 0.231 e. The molecule has 0 spiro atoms. The fourth-order valence-corrected chi connectivity index (χ4v) is 2.99. The molecule has 0 aromatic heterocycles. The second-order valence-corrected chi connectivity index (χ2v) is 5.95. The number of nitriles is 1. The molecule has 1 aliphatic heterocycles. The van der Waals surface area contributed by atoms with Crippen molar-refractivity contribution in [3.63, 3.8) is 0 Å². The Kier molecular flexibility index (Phi) is 4.22. The summed E-state index contributed by atoms with van der Waals surface area (Å²) >= 11 is 3.45. The number of ketones is 1. The predicted molar refractivity (Wildman–Crippen MR) is 88.8 cm³/mol. The van der Waals surface area contributed by atoms with Crippen LogP contribution in [0.15, 0.2) is 34.8 Å². The minimum Gasteiger partial charge on any atom is -0.454 e. The number of Topliss-reactive ketones (excluding diaryl/α,β-unsaturated/α-hetero) is 1. The van der Waals surface area contributed by atoms with Gasteiger partial charge in [0.15, 0.2) is 17.3 Å². The van der Waals surface area contributed by atoms with Crippen molar-refractivity contribution >= 4 is 27.4 Å². The Morgan fingerprint density at radius 2 is 2.17 bits per heavy atom. The molecular weight excluding hydrogens is 360 g/mol. The van der Waals surface area contributed by atoms with Crippen LogP contribution in [0, 0.1) is 11.3 Å². The number of hydrogen-bond acceptors (Lipinski definition) is 5. The highest BCUT2D eigenvalue weighted by atomic mass is 79.9. The summed E-state index contributed by atoms with van der Waals surface area (Å²) in [6.45, 7) is 2.21. The van der Waals surface area contributed by atoms with Gasteiger partial charge in [-0.3, -0.25) is 4.79 Å². The van der Waals surface area contributed by atoms with Gasteiger partial charge >= 0.3 is 0 Å². The zero-order valence-electron chi connectivity index (χ0n) is 12.4. The highest BCUT2D eigenvalue weighted by molar-refractivity contribution is 9.10. The fraction of sp³-hybridized carbons (Fsp3) is 0.176. The zero-order valence-corrected chi connectivity index (χ0v) is 13.9. The van der Waals surface area contributed by atoms with Gasteiger partial charge in [0.25, 0.3) is 0 Å². The molecule has 2 aromatic rings. The molecule has 1 heterocycles. The highest BCUT2D eigenvalue weighted by Gasteiger charge is 2.18. The molecule has 0 amide bonds. The number of hydrogen-bond donors (Lipinski definition) is 1. The molecule has 0 aliphatic carbocycles. The molecule has 3 rings (SSSR count). The number of rotatable bonds is 4. The van der Waals surface area contributed by atoms with Crippen molar-refractivity contribution in [1.29, 1.82) is 5.26 Å². The monoisotopic (exact) mass is 372 g/mol. The molecule has 0 fully saturated rings. The van der Waals surface area contributed by atoms with Gasteiger partial charge in [0.1, 0.15) is 0 Å². The standard InChI is InChI=1S/C17H13BrN2O3/c1-10(21)13-3-2-11(7-19)5-15(13)20-8-12-4-14(18)17-16(6-12)22-9-23-17/h2-6,20H,8-9H2,1H3. The maximum absolute atomic E-state index is 11.7. The minimum atomic E-state index is -0.0520. The van der Waals surface area contributed by atoms with E-state index in [1.165, 1.54) is 6.92 Å². The summed E-state index contributed by atoms with van der Waals surface area (Å²) < 4.78 is 11.6. The quantitative estimate of drug-likeness (QED) is 0.824. The Morgan fingerprint density at radius 1 is 1.35 bits per heavy atom. The summed E-state index contributed by atoms with van der Waals surface area (Å²) in [6, 6.07) is 10.9. The first-order valence-electron chi connectivity index (χ1n) is 6.95. The van der Waals surface area contributed by atoms with Gasteiger partial charge in [-0.05, 0) is 58.7 Å². The van der Waals surface area contributed by atoms with Crippen LogP contribution in [0.2, 0.25) is 0 Å². The summed E-state index contributed by atoms with van der Waals surface area (Å²) in [4.78, 5) is 11.7. The molecule has 0 radical (unpaired) electrons. The second kappa shape index (κ2) is 6.31. The van der Waals surface area contributed by atoms with Crippen LogP contribution in [0.1, 0.15) is 28.4 Å². The largest absolute Gasteiger partial charge is 0.454 e. The number of anilines is 1. The summed E-state index contributed by atoms with van der Waals surface area (Å²) in [7, 11) is 0. The molecule has 23 heavy (non-hydrogen) atoms. The number of nitrogens with zero attached hydrogens (tertiary/aromatic N) is 1. The number of benzene rings is 2. The van der Waals surface area contributed by atoms with E-state index in [1.54, 1.807) is 18.2 Å². The van der Waals surface area contributed by atoms with Crippen LogP contribution in [0.4, 0.5) is 5.69 Å². The third-order valence-electron chi connectivity index (χ3n) is 3.50. The lowest BCUT2D eigenvalue weighted by Crippen LogP contribution is -2.05. The van der Waals surface area contributed by atoms with Crippen molar-refractivity contribution in [2.24, 2.45) is 0 Å². The average molecular weight is 373 g/mol. The number of carbonyl (C=O) groups excluding carboxylic acids is 1. The summed E-state index contributed by atoms with van der Waals surface area (Å²) in [5.74, 6) is 1.34. The van der Waals surface area contributed by atoms with Gasteiger partial charge in [-0.15, -0.1) is 0 Å². The molecule has 0 bridgehead atoms. The van der Waals surface area contributed by atoms with Gasteiger partial charge in [0.2, 0.25) is 6.79 Å². The van der Waals surface area contributed by atoms with E-state index in [1.807, 2.05) is 12.1 Å². The second-order valence-electron chi connectivity index (χ2n) is 5.09. The van der Waals surface area contributed by atoms with Crippen LogP contribution in [0.5, 0.6) is 11.5 Å². The number of halogens is 1. The molecule has 2 aromatic carbocycles. The SMILES string of the molecule is CC(=O)c1ccc(C#N)cc1NCc1cc(Br)c2c(c1)OCO2. The van der Waals surface area contributed by atoms with Gasteiger partial charge in [0, 0.05) is 17.8 Å². The first-order valence-corrected chi connectivity index (χ1v) is 7.75. The van der Waals surface area contributed by atoms with E-state index in [2.05, 4.69) is 27.3 Å². The lowest BCUT2D eigenvalue weighted by molar-refractivity contribution is 0.101. The van der Waals surface area contributed by atoms with Gasteiger partial charge in [-0.1, -0.05) is 0 Å². The van der Waals surface area contributed by atoms with Gasteiger partial charge in [-0.25, -0.2) is 0 Å². The Morgan fingerprint density at radius 3 is 2.91 bits per heavy atom. The van der Waals surface area contributed by atoms with Crippen molar-refractivity contribution in [3.8, 4) is 17.6 Å².